The Morgan fingerprint density at radius 3 is 2.88 bits per heavy atom. The molecular formula is C12H18N2O2. The molecule has 1 unspecified atom stereocenters. The molecule has 0 bridgehead atoms. The molecule has 1 rings (SSSR count). The third-order valence-electron chi connectivity index (χ3n) is 2.47. The van der Waals surface area contributed by atoms with Crippen LogP contribution in [0, 0.1) is 0 Å². The highest BCUT2D eigenvalue weighted by molar-refractivity contribution is 5.98. The van der Waals surface area contributed by atoms with Crippen molar-refractivity contribution in [1.82, 2.24) is 5.32 Å². The zero-order valence-corrected chi connectivity index (χ0v) is 9.44. The molecule has 88 valence electrons. The number of benzene rings is 1. The Hall–Kier alpha value is -1.39. The number of carbonyl (C=O) groups excluding carboxylic acids is 1. The van der Waals surface area contributed by atoms with Crippen LogP contribution in [0.4, 0.5) is 5.69 Å². The molecule has 4 N–H and O–H groups in total. The minimum atomic E-state index is -0.0231. The van der Waals surface area contributed by atoms with E-state index in [-0.39, 0.29) is 25.0 Å². The summed E-state index contributed by atoms with van der Waals surface area (Å²) in [5.41, 5.74) is 6.77. The van der Waals surface area contributed by atoms with Crippen LogP contribution in [0.5, 0.6) is 0 Å². The predicted molar refractivity (Wildman–Crippen MR) is 64.4 cm³/mol. The van der Waals surface area contributed by atoms with E-state index in [0.29, 0.717) is 11.3 Å². The number of ketones is 1. The van der Waals surface area contributed by atoms with Crippen molar-refractivity contribution in [3.8, 4) is 0 Å². The van der Waals surface area contributed by atoms with Crippen molar-refractivity contribution in [2.75, 3.05) is 18.9 Å². The Morgan fingerprint density at radius 2 is 2.31 bits per heavy atom. The molecule has 0 amide bonds. The van der Waals surface area contributed by atoms with Crippen LogP contribution in [0.25, 0.3) is 0 Å². The minimum Gasteiger partial charge on any atom is -0.399 e. The first-order chi connectivity index (χ1) is 7.67. The number of hydrogen-bond donors (Lipinski definition) is 3. The minimum absolute atomic E-state index is 0.0146. The fourth-order valence-electron chi connectivity index (χ4n) is 1.39. The molecule has 4 nitrogen and oxygen atoms in total. The summed E-state index contributed by atoms with van der Waals surface area (Å²) in [6.45, 7) is 2.22. The molecule has 1 aromatic rings. The second-order valence-corrected chi connectivity index (χ2v) is 3.72. The maximum Gasteiger partial charge on any atom is 0.176 e. The number of nitrogen functional groups attached to an aromatic ring is 1. The van der Waals surface area contributed by atoms with Gasteiger partial charge < -0.3 is 16.2 Å². The molecule has 0 saturated carbocycles. The first kappa shape index (κ1) is 12.7. The number of rotatable bonds is 6. The van der Waals surface area contributed by atoms with Crippen LogP contribution in [0.1, 0.15) is 23.7 Å². The van der Waals surface area contributed by atoms with Crippen LogP contribution in [0.3, 0.4) is 0 Å². The molecule has 0 aromatic heterocycles. The predicted octanol–water partition coefficient (Wildman–Crippen LogP) is 0.812. The number of nitrogens with one attached hydrogen (secondary N) is 1. The van der Waals surface area contributed by atoms with Gasteiger partial charge in [-0.15, -0.1) is 0 Å². The van der Waals surface area contributed by atoms with Crippen LogP contribution in [0.2, 0.25) is 0 Å². The van der Waals surface area contributed by atoms with Crippen LogP contribution >= 0.6 is 0 Å². The number of aliphatic hydroxyl groups excluding tert-OH is 1. The third kappa shape index (κ3) is 3.64. The zero-order chi connectivity index (χ0) is 12.0. The largest absolute Gasteiger partial charge is 0.399 e. The molecule has 16 heavy (non-hydrogen) atoms. The van der Waals surface area contributed by atoms with Gasteiger partial charge in [-0.25, -0.2) is 0 Å². The van der Waals surface area contributed by atoms with Gasteiger partial charge in [0.05, 0.1) is 13.2 Å². The van der Waals surface area contributed by atoms with Crippen molar-refractivity contribution in [1.29, 1.82) is 0 Å². The summed E-state index contributed by atoms with van der Waals surface area (Å²) in [6, 6.07) is 6.87. The third-order valence-corrected chi connectivity index (χ3v) is 2.47. The number of Topliss-reactive ketones (excluding diaryl/α,β-unsaturated/α-hetero) is 1. The SMILES string of the molecule is CCC(CO)NCC(=O)c1cccc(N)c1. The van der Waals surface area contributed by atoms with Gasteiger partial charge >= 0.3 is 0 Å². The van der Waals surface area contributed by atoms with E-state index in [1.807, 2.05) is 6.92 Å². The van der Waals surface area contributed by atoms with E-state index in [1.165, 1.54) is 0 Å². The topological polar surface area (TPSA) is 75.3 Å². The molecule has 0 radical (unpaired) electrons. The van der Waals surface area contributed by atoms with Crippen molar-refractivity contribution in [3.05, 3.63) is 29.8 Å². The lowest BCUT2D eigenvalue weighted by Gasteiger charge is -2.13. The number of anilines is 1. The average Bonchev–Trinajstić information content (AvgIpc) is 2.30. The first-order valence-electron chi connectivity index (χ1n) is 5.40. The normalized spacial score (nSPS) is 12.4. The van der Waals surface area contributed by atoms with Crippen molar-refractivity contribution in [2.24, 2.45) is 0 Å². The summed E-state index contributed by atoms with van der Waals surface area (Å²) >= 11 is 0. The van der Waals surface area contributed by atoms with Gasteiger partial charge in [-0.3, -0.25) is 4.79 Å². The molecular weight excluding hydrogens is 204 g/mol. The molecule has 0 aliphatic carbocycles. The van der Waals surface area contributed by atoms with Crippen molar-refractivity contribution < 1.29 is 9.90 Å². The molecule has 4 heteroatoms. The van der Waals surface area contributed by atoms with Crippen LogP contribution < -0.4 is 11.1 Å². The van der Waals surface area contributed by atoms with Crippen molar-refractivity contribution >= 4 is 11.5 Å². The van der Waals surface area contributed by atoms with E-state index in [2.05, 4.69) is 5.32 Å². The van der Waals surface area contributed by atoms with Crippen LogP contribution in [-0.2, 0) is 0 Å². The maximum absolute atomic E-state index is 11.7. The molecule has 0 fully saturated rings. The molecule has 0 aliphatic heterocycles. The molecule has 0 aliphatic rings. The Bertz CT molecular complexity index is 349. The summed E-state index contributed by atoms with van der Waals surface area (Å²) in [6.07, 6.45) is 0.792. The maximum atomic E-state index is 11.7. The number of carbonyl (C=O) groups is 1. The highest BCUT2D eigenvalue weighted by Gasteiger charge is 2.09. The van der Waals surface area contributed by atoms with E-state index in [1.54, 1.807) is 24.3 Å². The number of hydrogen-bond acceptors (Lipinski definition) is 4. The van der Waals surface area contributed by atoms with E-state index in [0.717, 1.165) is 6.42 Å². The van der Waals surface area contributed by atoms with Crippen molar-refractivity contribution in [3.63, 3.8) is 0 Å². The quantitative estimate of drug-likeness (QED) is 0.492. The molecule has 0 spiro atoms. The van der Waals surface area contributed by atoms with Crippen LogP contribution in [-0.4, -0.2) is 30.1 Å². The van der Waals surface area contributed by atoms with Gasteiger partial charge in [0.2, 0.25) is 0 Å². The van der Waals surface area contributed by atoms with Gasteiger partial charge in [0, 0.05) is 17.3 Å². The number of nitrogens with two attached hydrogens (primary N) is 1. The van der Waals surface area contributed by atoms with E-state index in [4.69, 9.17) is 10.8 Å². The van der Waals surface area contributed by atoms with E-state index in [9.17, 15) is 4.79 Å². The van der Waals surface area contributed by atoms with Gasteiger partial charge in [-0.05, 0) is 18.6 Å². The van der Waals surface area contributed by atoms with E-state index < -0.39 is 0 Å². The standard InChI is InChI=1S/C12H18N2O2/c1-2-11(8-15)14-7-12(16)9-4-3-5-10(13)6-9/h3-6,11,14-15H,2,7-8,13H2,1H3. The monoisotopic (exact) mass is 222 g/mol. The first-order valence-corrected chi connectivity index (χ1v) is 5.40. The zero-order valence-electron chi connectivity index (χ0n) is 9.44. The van der Waals surface area contributed by atoms with Gasteiger partial charge in [0.15, 0.2) is 5.78 Å². The van der Waals surface area contributed by atoms with Gasteiger partial charge in [0.1, 0.15) is 0 Å². The Kier molecular flexibility index (Phi) is 4.95. The lowest BCUT2D eigenvalue weighted by atomic mass is 10.1. The fourth-order valence-corrected chi connectivity index (χ4v) is 1.39. The fraction of sp³-hybridized carbons (Fsp3) is 0.417. The summed E-state index contributed by atoms with van der Waals surface area (Å²) in [7, 11) is 0. The molecule has 1 atom stereocenters. The highest BCUT2D eigenvalue weighted by atomic mass is 16.3. The second-order valence-electron chi connectivity index (χ2n) is 3.72. The Labute approximate surface area is 95.5 Å². The number of aliphatic hydroxyl groups is 1. The second kappa shape index (κ2) is 6.25. The average molecular weight is 222 g/mol. The molecule has 1 aromatic carbocycles. The summed E-state index contributed by atoms with van der Waals surface area (Å²) in [5.74, 6) is -0.0146. The Balaban J connectivity index is 2.52. The summed E-state index contributed by atoms with van der Waals surface area (Å²) < 4.78 is 0. The van der Waals surface area contributed by atoms with Gasteiger partial charge in [-0.1, -0.05) is 19.1 Å². The molecule has 0 heterocycles. The summed E-state index contributed by atoms with van der Waals surface area (Å²) in [4.78, 5) is 11.7. The van der Waals surface area contributed by atoms with E-state index >= 15 is 0 Å². The van der Waals surface area contributed by atoms with Crippen LogP contribution in [0.15, 0.2) is 24.3 Å². The lowest BCUT2D eigenvalue weighted by molar-refractivity contribution is 0.0982. The van der Waals surface area contributed by atoms with Crippen molar-refractivity contribution in [2.45, 2.75) is 19.4 Å². The smallest absolute Gasteiger partial charge is 0.176 e. The highest BCUT2D eigenvalue weighted by Crippen LogP contribution is 2.06. The summed E-state index contributed by atoms with van der Waals surface area (Å²) in [5, 5.41) is 12.0. The lowest BCUT2D eigenvalue weighted by Crippen LogP contribution is -2.35. The van der Waals surface area contributed by atoms with Gasteiger partial charge in [0.25, 0.3) is 0 Å². The molecule has 0 saturated heterocycles. The Morgan fingerprint density at radius 1 is 1.56 bits per heavy atom. The van der Waals surface area contributed by atoms with Gasteiger partial charge in [-0.2, -0.15) is 0 Å².